The Hall–Kier alpha value is -3.12. The molecule has 1 fully saturated rings. The zero-order chi connectivity index (χ0) is 21.7. The van der Waals surface area contributed by atoms with Crippen molar-refractivity contribution in [2.75, 3.05) is 20.3 Å². The molecule has 1 aliphatic heterocycles. The number of aliphatic hydroxyl groups is 1. The highest BCUT2D eigenvalue weighted by molar-refractivity contribution is 6.46. The lowest BCUT2D eigenvalue weighted by Crippen LogP contribution is -2.31. The normalized spacial score (nSPS) is 18.3. The van der Waals surface area contributed by atoms with Gasteiger partial charge in [0.2, 0.25) is 0 Å². The summed E-state index contributed by atoms with van der Waals surface area (Å²) < 4.78 is 11.1. The van der Waals surface area contributed by atoms with Crippen molar-refractivity contribution in [3.63, 3.8) is 0 Å². The van der Waals surface area contributed by atoms with E-state index in [0.29, 0.717) is 36.4 Å². The number of carbonyl (C=O) groups excluding carboxylic acids is 2. The molecule has 2 aromatic carbocycles. The van der Waals surface area contributed by atoms with E-state index in [0.717, 1.165) is 0 Å². The molecule has 6 nitrogen and oxygen atoms in total. The fourth-order valence-corrected chi connectivity index (χ4v) is 3.63. The van der Waals surface area contributed by atoms with Gasteiger partial charge in [-0.3, -0.25) is 9.59 Å². The van der Waals surface area contributed by atoms with Crippen molar-refractivity contribution in [2.45, 2.75) is 32.4 Å². The van der Waals surface area contributed by atoms with Crippen molar-refractivity contribution in [1.29, 1.82) is 0 Å². The van der Waals surface area contributed by atoms with E-state index in [-0.39, 0.29) is 17.4 Å². The number of ketones is 1. The number of rotatable bonds is 8. The summed E-state index contributed by atoms with van der Waals surface area (Å²) in [7, 11) is 1.54. The topological polar surface area (TPSA) is 76.1 Å². The third-order valence-corrected chi connectivity index (χ3v) is 5.02. The second-order valence-corrected chi connectivity index (χ2v) is 7.37. The molecular weight excluding hydrogens is 382 g/mol. The van der Waals surface area contributed by atoms with Crippen LogP contribution in [-0.4, -0.2) is 48.1 Å². The van der Waals surface area contributed by atoms with E-state index in [2.05, 4.69) is 0 Å². The first-order valence-electron chi connectivity index (χ1n) is 10.0. The molecule has 0 aliphatic carbocycles. The van der Waals surface area contributed by atoms with Crippen LogP contribution < -0.4 is 4.74 Å². The van der Waals surface area contributed by atoms with Crippen molar-refractivity contribution in [3.05, 3.63) is 71.3 Å². The Labute approximate surface area is 176 Å². The Kier molecular flexibility index (Phi) is 6.90. The van der Waals surface area contributed by atoms with E-state index >= 15 is 0 Å². The van der Waals surface area contributed by atoms with Crippen LogP contribution in [0.3, 0.4) is 0 Å². The quantitative estimate of drug-likeness (QED) is 0.309. The Morgan fingerprint density at radius 2 is 1.73 bits per heavy atom. The number of nitrogens with zero attached hydrogens (tertiary/aromatic N) is 1. The standard InChI is InChI=1S/C24H27NO5/c1-16(2)30-15-9-14-25-21(18-12-7-8-13-19(18)29-3)20(23(27)24(25)28)22(26)17-10-5-4-6-11-17/h4-8,10-13,16,21,26H,9,14-15H2,1-3H3/t21-/m0/s1. The van der Waals surface area contributed by atoms with Gasteiger partial charge in [0.1, 0.15) is 11.5 Å². The van der Waals surface area contributed by atoms with E-state index in [1.54, 1.807) is 37.4 Å². The van der Waals surface area contributed by atoms with Crippen molar-refractivity contribution in [2.24, 2.45) is 0 Å². The second-order valence-electron chi connectivity index (χ2n) is 7.37. The zero-order valence-electron chi connectivity index (χ0n) is 17.5. The zero-order valence-corrected chi connectivity index (χ0v) is 17.5. The summed E-state index contributed by atoms with van der Waals surface area (Å²) in [6, 6.07) is 15.3. The van der Waals surface area contributed by atoms with Crippen molar-refractivity contribution in [1.82, 2.24) is 4.90 Å². The number of likely N-dealkylation sites (tertiary alicyclic amines) is 1. The molecule has 158 valence electrons. The molecule has 0 spiro atoms. The lowest BCUT2D eigenvalue weighted by atomic mass is 9.94. The highest BCUT2D eigenvalue weighted by Crippen LogP contribution is 2.42. The minimum atomic E-state index is -0.736. The molecule has 1 saturated heterocycles. The van der Waals surface area contributed by atoms with Crippen LogP contribution in [0.1, 0.15) is 37.4 Å². The predicted octanol–water partition coefficient (Wildman–Crippen LogP) is 3.93. The van der Waals surface area contributed by atoms with Gasteiger partial charge in [0.25, 0.3) is 11.7 Å². The minimum absolute atomic E-state index is 0.0699. The Balaban J connectivity index is 2.06. The molecule has 30 heavy (non-hydrogen) atoms. The van der Waals surface area contributed by atoms with E-state index < -0.39 is 17.7 Å². The highest BCUT2D eigenvalue weighted by atomic mass is 16.5. The Morgan fingerprint density at radius 3 is 2.40 bits per heavy atom. The van der Waals surface area contributed by atoms with E-state index in [9.17, 15) is 14.7 Å². The van der Waals surface area contributed by atoms with Crippen LogP contribution in [0.15, 0.2) is 60.2 Å². The van der Waals surface area contributed by atoms with Crippen LogP contribution >= 0.6 is 0 Å². The van der Waals surface area contributed by atoms with Gasteiger partial charge >= 0.3 is 0 Å². The summed E-state index contributed by atoms with van der Waals surface area (Å²) in [5, 5.41) is 11.0. The van der Waals surface area contributed by atoms with Gasteiger partial charge in [0, 0.05) is 24.3 Å². The lowest BCUT2D eigenvalue weighted by molar-refractivity contribution is -0.140. The Bertz CT molecular complexity index is 936. The van der Waals surface area contributed by atoms with E-state index in [1.807, 2.05) is 38.1 Å². The summed E-state index contributed by atoms with van der Waals surface area (Å²) in [6.45, 7) is 4.69. The van der Waals surface area contributed by atoms with Crippen LogP contribution in [0.2, 0.25) is 0 Å². The van der Waals surface area contributed by atoms with Gasteiger partial charge in [-0.05, 0) is 26.3 Å². The molecule has 0 bridgehead atoms. The third kappa shape index (κ3) is 4.39. The number of methoxy groups -OCH3 is 1. The van der Waals surface area contributed by atoms with Gasteiger partial charge in [0.05, 0.1) is 24.8 Å². The summed E-state index contributed by atoms with van der Waals surface area (Å²) >= 11 is 0. The van der Waals surface area contributed by atoms with Crippen LogP contribution in [0.4, 0.5) is 0 Å². The number of para-hydroxylation sites is 1. The molecule has 0 aromatic heterocycles. The van der Waals surface area contributed by atoms with Crippen LogP contribution in [0.5, 0.6) is 5.75 Å². The van der Waals surface area contributed by atoms with Gasteiger partial charge in [0.15, 0.2) is 0 Å². The molecule has 1 aliphatic rings. The maximum atomic E-state index is 13.0. The fraction of sp³-hybridized carbons (Fsp3) is 0.333. The first-order valence-corrected chi connectivity index (χ1v) is 10.0. The number of hydrogen-bond donors (Lipinski definition) is 1. The molecule has 1 N–H and O–H groups in total. The second kappa shape index (κ2) is 9.59. The van der Waals surface area contributed by atoms with Gasteiger partial charge in [-0.2, -0.15) is 0 Å². The molecule has 2 aromatic rings. The number of hydrogen-bond acceptors (Lipinski definition) is 5. The van der Waals surface area contributed by atoms with Gasteiger partial charge in [-0.1, -0.05) is 48.5 Å². The molecule has 0 unspecified atom stereocenters. The molecule has 1 atom stereocenters. The number of amides is 1. The lowest BCUT2D eigenvalue weighted by Gasteiger charge is -2.26. The maximum absolute atomic E-state index is 13.0. The first-order chi connectivity index (χ1) is 14.5. The molecule has 0 radical (unpaired) electrons. The smallest absolute Gasteiger partial charge is 0.295 e. The van der Waals surface area contributed by atoms with E-state index in [1.165, 1.54) is 4.90 Å². The molecule has 0 saturated carbocycles. The third-order valence-electron chi connectivity index (χ3n) is 5.02. The van der Waals surface area contributed by atoms with Crippen LogP contribution in [0, 0.1) is 0 Å². The fourth-order valence-electron chi connectivity index (χ4n) is 3.63. The van der Waals surface area contributed by atoms with Gasteiger partial charge in [-0.25, -0.2) is 0 Å². The van der Waals surface area contributed by atoms with Gasteiger partial charge < -0.3 is 19.5 Å². The average molecular weight is 409 g/mol. The number of ether oxygens (including phenoxy) is 2. The maximum Gasteiger partial charge on any atom is 0.295 e. The number of Topliss-reactive ketones (excluding diaryl/α,β-unsaturated/α-hetero) is 1. The van der Waals surface area contributed by atoms with Crippen LogP contribution in [-0.2, 0) is 14.3 Å². The van der Waals surface area contributed by atoms with E-state index in [4.69, 9.17) is 9.47 Å². The summed E-state index contributed by atoms with van der Waals surface area (Å²) in [6.07, 6.45) is 0.658. The largest absolute Gasteiger partial charge is 0.507 e. The van der Waals surface area contributed by atoms with Crippen molar-refractivity contribution in [3.8, 4) is 5.75 Å². The SMILES string of the molecule is COc1ccccc1[C@H]1C(=C(O)c2ccccc2)C(=O)C(=O)N1CCCOC(C)C. The molecule has 6 heteroatoms. The van der Waals surface area contributed by atoms with Crippen molar-refractivity contribution >= 4 is 17.4 Å². The summed E-state index contributed by atoms with van der Waals surface area (Å²) in [4.78, 5) is 27.4. The summed E-state index contributed by atoms with van der Waals surface area (Å²) in [5.41, 5.74) is 1.21. The molecule has 3 rings (SSSR count). The molecular formula is C24H27NO5. The number of aliphatic hydroxyl groups excluding tert-OH is 1. The monoisotopic (exact) mass is 409 g/mol. The molecule has 1 amide bonds. The summed E-state index contributed by atoms with van der Waals surface area (Å²) in [5.74, 6) is -0.970. The minimum Gasteiger partial charge on any atom is -0.507 e. The van der Waals surface area contributed by atoms with Crippen LogP contribution in [0.25, 0.3) is 5.76 Å². The average Bonchev–Trinajstić information content (AvgIpc) is 3.01. The van der Waals surface area contributed by atoms with Gasteiger partial charge in [-0.15, -0.1) is 0 Å². The predicted molar refractivity (Wildman–Crippen MR) is 114 cm³/mol. The number of carbonyl (C=O) groups is 2. The van der Waals surface area contributed by atoms with Crippen molar-refractivity contribution < 1.29 is 24.2 Å². The molecule has 1 heterocycles. The number of benzene rings is 2. The first kappa shape index (κ1) is 21.6. The Morgan fingerprint density at radius 1 is 1.07 bits per heavy atom. The highest BCUT2D eigenvalue weighted by Gasteiger charge is 2.46.